The van der Waals surface area contributed by atoms with E-state index in [4.69, 9.17) is 5.73 Å². The number of nitrogens with two attached hydrogens (primary N) is 1. The minimum atomic E-state index is -0.120. The highest BCUT2D eigenvalue weighted by Crippen LogP contribution is 2.63. The Hall–Kier alpha value is -0.570. The Balaban J connectivity index is 2.19. The van der Waals surface area contributed by atoms with Crippen LogP contribution in [0.2, 0.25) is 0 Å². The largest absolute Gasteiger partial charge is 0.369 e. The van der Waals surface area contributed by atoms with E-state index in [2.05, 4.69) is 19.2 Å². The van der Waals surface area contributed by atoms with Crippen LogP contribution >= 0.6 is 0 Å². The standard InChI is InChI=1S/C8H14N2O/c1-4-8(2)5(3-10-4)6(8)7(9)11/h4-6,10H,3H2,1-2H3,(H2,9,11). The molecule has 4 atom stereocenters. The maximum absolute atomic E-state index is 10.9. The minimum absolute atomic E-state index is 0.120. The molecule has 2 rings (SSSR count). The fraction of sp³-hybridized carbons (Fsp3) is 0.875. The van der Waals surface area contributed by atoms with Gasteiger partial charge in [0.25, 0.3) is 0 Å². The number of hydrogen-bond acceptors (Lipinski definition) is 2. The number of amides is 1. The molecule has 0 radical (unpaired) electrons. The molecule has 0 spiro atoms. The van der Waals surface area contributed by atoms with Gasteiger partial charge in [-0.2, -0.15) is 0 Å². The average Bonchev–Trinajstić information content (AvgIpc) is 2.43. The predicted molar refractivity (Wildman–Crippen MR) is 41.7 cm³/mol. The fourth-order valence-electron chi connectivity index (χ4n) is 2.58. The van der Waals surface area contributed by atoms with Gasteiger partial charge in [-0.3, -0.25) is 4.79 Å². The SMILES string of the molecule is CC1NCC2C(C(N)=O)C12C. The molecule has 1 heterocycles. The van der Waals surface area contributed by atoms with Crippen LogP contribution in [0, 0.1) is 17.3 Å². The normalized spacial score (nSPS) is 53.8. The number of hydrogen-bond donors (Lipinski definition) is 2. The predicted octanol–water partition coefficient (Wildman–Crippen LogP) is -0.284. The number of rotatable bonds is 1. The lowest BCUT2D eigenvalue weighted by molar-refractivity contribution is -0.120. The monoisotopic (exact) mass is 154 g/mol. The summed E-state index contributed by atoms with van der Waals surface area (Å²) in [5.41, 5.74) is 5.44. The highest BCUT2D eigenvalue weighted by molar-refractivity contribution is 5.82. The molecule has 1 saturated heterocycles. The van der Waals surface area contributed by atoms with Crippen molar-refractivity contribution in [1.82, 2.24) is 5.32 Å². The molecule has 1 saturated carbocycles. The molecular weight excluding hydrogens is 140 g/mol. The first-order chi connectivity index (χ1) is 5.08. The zero-order valence-electron chi connectivity index (χ0n) is 6.92. The molecule has 3 N–H and O–H groups in total. The van der Waals surface area contributed by atoms with Gasteiger partial charge in [0.15, 0.2) is 0 Å². The Morgan fingerprint density at radius 3 is 2.64 bits per heavy atom. The van der Waals surface area contributed by atoms with E-state index in [0.717, 1.165) is 6.54 Å². The van der Waals surface area contributed by atoms with Gasteiger partial charge in [-0.05, 0) is 24.8 Å². The first-order valence-corrected chi connectivity index (χ1v) is 4.11. The topological polar surface area (TPSA) is 55.1 Å². The molecule has 1 aliphatic heterocycles. The van der Waals surface area contributed by atoms with Crippen LogP contribution in [0.15, 0.2) is 0 Å². The van der Waals surface area contributed by atoms with E-state index in [-0.39, 0.29) is 17.2 Å². The summed E-state index contributed by atoms with van der Waals surface area (Å²) in [5.74, 6) is 0.527. The maximum Gasteiger partial charge on any atom is 0.221 e. The molecule has 2 aliphatic rings. The van der Waals surface area contributed by atoms with Crippen LogP contribution in [0.3, 0.4) is 0 Å². The van der Waals surface area contributed by atoms with Gasteiger partial charge in [-0.25, -0.2) is 0 Å². The Morgan fingerprint density at radius 1 is 1.73 bits per heavy atom. The van der Waals surface area contributed by atoms with Crippen molar-refractivity contribution in [2.45, 2.75) is 19.9 Å². The Bertz CT molecular complexity index is 216. The first-order valence-electron chi connectivity index (χ1n) is 4.11. The van der Waals surface area contributed by atoms with Crippen molar-refractivity contribution < 1.29 is 4.79 Å². The molecule has 11 heavy (non-hydrogen) atoms. The second kappa shape index (κ2) is 1.78. The van der Waals surface area contributed by atoms with E-state index in [0.29, 0.717) is 12.0 Å². The molecule has 0 aromatic rings. The fourth-order valence-corrected chi connectivity index (χ4v) is 2.58. The Kier molecular flexibility index (Phi) is 1.15. The second-order valence-electron chi connectivity index (χ2n) is 3.98. The molecular formula is C8H14N2O. The molecule has 3 nitrogen and oxygen atoms in total. The highest BCUT2D eigenvalue weighted by atomic mass is 16.1. The second-order valence-corrected chi connectivity index (χ2v) is 3.98. The number of piperidine rings is 1. The van der Waals surface area contributed by atoms with Gasteiger partial charge in [0.05, 0.1) is 0 Å². The summed E-state index contributed by atoms with van der Waals surface area (Å²) in [4.78, 5) is 10.9. The Labute approximate surface area is 66.3 Å². The lowest BCUT2D eigenvalue weighted by atomic mass is 9.98. The third kappa shape index (κ3) is 0.644. The molecule has 1 aliphatic carbocycles. The van der Waals surface area contributed by atoms with Gasteiger partial charge >= 0.3 is 0 Å². The zero-order chi connectivity index (χ0) is 8.22. The van der Waals surface area contributed by atoms with Gasteiger partial charge in [0.2, 0.25) is 5.91 Å². The number of nitrogens with one attached hydrogen (secondary N) is 1. The smallest absolute Gasteiger partial charge is 0.221 e. The summed E-state index contributed by atoms with van der Waals surface area (Å²) in [7, 11) is 0. The van der Waals surface area contributed by atoms with Crippen molar-refractivity contribution >= 4 is 5.91 Å². The van der Waals surface area contributed by atoms with Crippen LogP contribution in [0.4, 0.5) is 0 Å². The molecule has 4 unspecified atom stereocenters. The van der Waals surface area contributed by atoms with Crippen LogP contribution in [0.5, 0.6) is 0 Å². The summed E-state index contributed by atoms with van der Waals surface area (Å²) in [5, 5.41) is 3.34. The van der Waals surface area contributed by atoms with Gasteiger partial charge < -0.3 is 11.1 Å². The van der Waals surface area contributed by atoms with Crippen molar-refractivity contribution in [3.63, 3.8) is 0 Å². The molecule has 2 fully saturated rings. The molecule has 0 aromatic carbocycles. The van der Waals surface area contributed by atoms with Crippen LogP contribution in [0.25, 0.3) is 0 Å². The van der Waals surface area contributed by atoms with E-state index in [1.165, 1.54) is 0 Å². The first kappa shape index (κ1) is 7.10. The molecule has 0 aromatic heterocycles. The lowest BCUT2D eigenvalue weighted by Gasteiger charge is -2.15. The van der Waals surface area contributed by atoms with Gasteiger partial charge in [0, 0.05) is 12.0 Å². The van der Waals surface area contributed by atoms with Gasteiger partial charge in [-0.1, -0.05) is 6.92 Å². The summed E-state index contributed by atoms with van der Waals surface area (Å²) in [6, 6.07) is 0.449. The van der Waals surface area contributed by atoms with E-state index < -0.39 is 0 Å². The molecule has 3 heteroatoms. The summed E-state index contributed by atoms with van der Waals surface area (Å²) < 4.78 is 0. The number of primary amides is 1. The van der Waals surface area contributed by atoms with Crippen LogP contribution < -0.4 is 11.1 Å². The lowest BCUT2D eigenvalue weighted by Crippen LogP contribution is -2.33. The maximum atomic E-state index is 10.9. The quantitative estimate of drug-likeness (QED) is 0.545. The molecule has 62 valence electrons. The van der Waals surface area contributed by atoms with E-state index in [9.17, 15) is 4.79 Å². The van der Waals surface area contributed by atoms with Crippen LogP contribution in [-0.2, 0) is 4.79 Å². The summed E-state index contributed by atoms with van der Waals surface area (Å²) >= 11 is 0. The van der Waals surface area contributed by atoms with Crippen molar-refractivity contribution in [3.05, 3.63) is 0 Å². The molecule has 0 bridgehead atoms. The van der Waals surface area contributed by atoms with Crippen molar-refractivity contribution in [2.24, 2.45) is 23.0 Å². The van der Waals surface area contributed by atoms with E-state index in [1.807, 2.05) is 0 Å². The summed E-state index contributed by atoms with van der Waals surface area (Å²) in [6.45, 7) is 5.24. The third-order valence-corrected chi connectivity index (χ3v) is 3.65. The van der Waals surface area contributed by atoms with Gasteiger partial charge in [-0.15, -0.1) is 0 Å². The van der Waals surface area contributed by atoms with Gasteiger partial charge in [0.1, 0.15) is 0 Å². The van der Waals surface area contributed by atoms with E-state index >= 15 is 0 Å². The number of fused-ring (bicyclic) bond motifs is 1. The third-order valence-electron chi connectivity index (χ3n) is 3.65. The zero-order valence-corrected chi connectivity index (χ0v) is 6.92. The van der Waals surface area contributed by atoms with Crippen molar-refractivity contribution in [3.8, 4) is 0 Å². The van der Waals surface area contributed by atoms with E-state index in [1.54, 1.807) is 0 Å². The minimum Gasteiger partial charge on any atom is -0.369 e. The van der Waals surface area contributed by atoms with Crippen LogP contribution in [0.1, 0.15) is 13.8 Å². The highest BCUT2D eigenvalue weighted by Gasteiger charge is 2.69. The molecule has 1 amide bonds. The Morgan fingerprint density at radius 2 is 2.36 bits per heavy atom. The van der Waals surface area contributed by atoms with Crippen molar-refractivity contribution in [1.29, 1.82) is 0 Å². The van der Waals surface area contributed by atoms with Crippen LogP contribution in [-0.4, -0.2) is 18.5 Å². The number of carbonyl (C=O) groups is 1. The number of carbonyl (C=O) groups excluding carboxylic acids is 1. The average molecular weight is 154 g/mol. The summed E-state index contributed by atoms with van der Waals surface area (Å²) in [6.07, 6.45) is 0. The van der Waals surface area contributed by atoms with Crippen molar-refractivity contribution in [2.75, 3.05) is 6.54 Å².